The van der Waals surface area contributed by atoms with Crippen molar-refractivity contribution in [2.75, 3.05) is 13.1 Å². The molecule has 26 heavy (non-hydrogen) atoms. The summed E-state index contributed by atoms with van der Waals surface area (Å²) in [6.07, 6.45) is 4.63. The van der Waals surface area contributed by atoms with Gasteiger partial charge in [-0.25, -0.2) is 0 Å². The van der Waals surface area contributed by atoms with Crippen LogP contribution >= 0.6 is 0 Å². The zero-order chi connectivity index (χ0) is 18.5. The number of likely N-dealkylation sites (tertiary alicyclic amines) is 1. The molecule has 1 amide bonds. The fraction of sp³-hybridized carbons (Fsp3) is 0.600. The van der Waals surface area contributed by atoms with E-state index in [0.717, 1.165) is 31.0 Å². The van der Waals surface area contributed by atoms with Gasteiger partial charge in [-0.05, 0) is 57.3 Å². The Kier molecular flexibility index (Phi) is 6.14. The number of piperidine rings is 1. The number of nitrogens with zero attached hydrogens (tertiary/aromatic N) is 2. The fourth-order valence-electron chi connectivity index (χ4n) is 3.39. The minimum absolute atomic E-state index is 0.199. The van der Waals surface area contributed by atoms with Crippen LogP contribution < -0.4 is 5.32 Å². The summed E-state index contributed by atoms with van der Waals surface area (Å²) in [6, 6.07) is 5.75. The Hall–Kier alpha value is -2.08. The molecular weight excluding hydrogens is 330 g/mol. The second-order valence-corrected chi connectivity index (χ2v) is 7.54. The van der Waals surface area contributed by atoms with E-state index in [1.165, 1.54) is 19.3 Å². The molecule has 1 fully saturated rings. The number of hydrogen-bond donors (Lipinski definition) is 1. The highest BCUT2D eigenvalue weighted by atomic mass is 16.5. The molecule has 6 heteroatoms. The second-order valence-electron chi connectivity index (χ2n) is 7.54. The van der Waals surface area contributed by atoms with Crippen LogP contribution in [0.3, 0.4) is 0 Å². The van der Waals surface area contributed by atoms with E-state index < -0.39 is 0 Å². The number of furan rings is 1. The molecule has 1 aliphatic rings. The van der Waals surface area contributed by atoms with Crippen LogP contribution in [0.25, 0.3) is 0 Å². The summed E-state index contributed by atoms with van der Waals surface area (Å²) < 4.78 is 11.1. The van der Waals surface area contributed by atoms with Crippen molar-refractivity contribution in [3.05, 3.63) is 41.2 Å². The minimum Gasteiger partial charge on any atom is -0.454 e. The lowest BCUT2D eigenvalue weighted by Gasteiger charge is -2.31. The molecule has 1 atom stereocenters. The smallest absolute Gasteiger partial charge is 0.287 e. The van der Waals surface area contributed by atoms with E-state index >= 15 is 0 Å². The lowest BCUT2D eigenvalue weighted by atomic mass is 10.1. The molecule has 0 bridgehead atoms. The minimum atomic E-state index is -0.232. The number of amides is 1. The van der Waals surface area contributed by atoms with Gasteiger partial charge < -0.3 is 14.3 Å². The molecular formula is C20H29N3O3. The quantitative estimate of drug-likeness (QED) is 0.811. The van der Waals surface area contributed by atoms with Gasteiger partial charge in [-0.15, -0.1) is 0 Å². The SMILES string of the molecule is CC(C)Cc1cc(CNC(=O)c2ccc(C(C)N3CCCCC3)o2)on1. The van der Waals surface area contributed by atoms with Crippen LogP contribution in [-0.4, -0.2) is 29.1 Å². The molecule has 0 aliphatic carbocycles. The number of rotatable bonds is 7. The Bertz CT molecular complexity index is 713. The molecule has 0 spiro atoms. The highest BCUT2D eigenvalue weighted by molar-refractivity contribution is 5.91. The predicted molar refractivity (Wildman–Crippen MR) is 98.8 cm³/mol. The largest absolute Gasteiger partial charge is 0.454 e. The van der Waals surface area contributed by atoms with Gasteiger partial charge in [0.2, 0.25) is 0 Å². The third-order valence-electron chi connectivity index (χ3n) is 4.85. The van der Waals surface area contributed by atoms with Crippen LogP contribution in [0.15, 0.2) is 27.1 Å². The highest BCUT2D eigenvalue weighted by Crippen LogP contribution is 2.25. The summed E-state index contributed by atoms with van der Waals surface area (Å²) >= 11 is 0. The van der Waals surface area contributed by atoms with Crippen molar-refractivity contribution in [2.24, 2.45) is 5.92 Å². The Balaban J connectivity index is 1.53. The second kappa shape index (κ2) is 8.54. The maximum absolute atomic E-state index is 12.3. The molecule has 1 unspecified atom stereocenters. The lowest BCUT2D eigenvalue weighted by Crippen LogP contribution is -2.32. The van der Waals surface area contributed by atoms with Gasteiger partial charge in [0.15, 0.2) is 11.5 Å². The van der Waals surface area contributed by atoms with Gasteiger partial charge in [-0.3, -0.25) is 9.69 Å². The first-order chi connectivity index (χ1) is 12.5. The van der Waals surface area contributed by atoms with Crippen LogP contribution in [0.2, 0.25) is 0 Å². The Morgan fingerprint density at radius 1 is 1.23 bits per heavy atom. The van der Waals surface area contributed by atoms with E-state index in [4.69, 9.17) is 8.94 Å². The number of hydrogen-bond acceptors (Lipinski definition) is 5. The zero-order valence-corrected chi connectivity index (χ0v) is 16.0. The maximum atomic E-state index is 12.3. The van der Waals surface area contributed by atoms with Crippen molar-refractivity contribution < 1.29 is 13.7 Å². The molecule has 0 saturated carbocycles. The molecule has 6 nitrogen and oxygen atoms in total. The normalized spacial score (nSPS) is 16.8. The molecule has 2 aromatic heterocycles. The zero-order valence-electron chi connectivity index (χ0n) is 16.0. The highest BCUT2D eigenvalue weighted by Gasteiger charge is 2.22. The number of aromatic nitrogens is 1. The van der Waals surface area contributed by atoms with Crippen LogP contribution in [0, 0.1) is 5.92 Å². The Labute approximate surface area is 154 Å². The van der Waals surface area contributed by atoms with Crippen molar-refractivity contribution >= 4 is 5.91 Å². The van der Waals surface area contributed by atoms with Gasteiger partial charge >= 0.3 is 0 Å². The van der Waals surface area contributed by atoms with Gasteiger partial charge in [-0.1, -0.05) is 25.4 Å². The van der Waals surface area contributed by atoms with Gasteiger partial charge in [0.05, 0.1) is 18.3 Å². The Morgan fingerprint density at radius 2 is 2.00 bits per heavy atom. The molecule has 0 radical (unpaired) electrons. The average molecular weight is 359 g/mol. The number of carbonyl (C=O) groups excluding carboxylic acids is 1. The molecule has 142 valence electrons. The van der Waals surface area contributed by atoms with Crippen molar-refractivity contribution in [1.29, 1.82) is 0 Å². The first kappa shape index (κ1) is 18.7. The Morgan fingerprint density at radius 3 is 2.73 bits per heavy atom. The van der Waals surface area contributed by atoms with E-state index in [0.29, 0.717) is 24.0 Å². The van der Waals surface area contributed by atoms with E-state index in [-0.39, 0.29) is 11.9 Å². The maximum Gasteiger partial charge on any atom is 0.287 e. The monoisotopic (exact) mass is 359 g/mol. The first-order valence-corrected chi connectivity index (χ1v) is 9.59. The molecule has 1 saturated heterocycles. The van der Waals surface area contributed by atoms with Crippen molar-refractivity contribution in [3.63, 3.8) is 0 Å². The molecule has 1 aliphatic heterocycles. The summed E-state index contributed by atoms with van der Waals surface area (Å²) in [5.74, 6) is 2.12. The molecule has 0 aromatic carbocycles. The predicted octanol–water partition coefficient (Wildman–Crippen LogP) is 3.94. The van der Waals surface area contributed by atoms with Crippen LogP contribution in [0.4, 0.5) is 0 Å². The van der Waals surface area contributed by atoms with Crippen molar-refractivity contribution in [1.82, 2.24) is 15.4 Å². The summed E-state index contributed by atoms with van der Waals surface area (Å²) in [4.78, 5) is 14.7. The van der Waals surface area contributed by atoms with Gasteiger partial charge in [0.25, 0.3) is 5.91 Å². The van der Waals surface area contributed by atoms with E-state index in [1.807, 2.05) is 12.1 Å². The van der Waals surface area contributed by atoms with Gasteiger partial charge in [0, 0.05) is 6.07 Å². The lowest BCUT2D eigenvalue weighted by molar-refractivity contribution is 0.0910. The molecule has 1 N–H and O–H groups in total. The van der Waals surface area contributed by atoms with E-state index in [9.17, 15) is 4.79 Å². The number of nitrogens with one attached hydrogen (secondary N) is 1. The van der Waals surface area contributed by atoms with Gasteiger partial charge in [-0.2, -0.15) is 0 Å². The van der Waals surface area contributed by atoms with Crippen LogP contribution in [0.1, 0.15) is 73.8 Å². The van der Waals surface area contributed by atoms with E-state index in [2.05, 4.69) is 36.1 Å². The first-order valence-electron chi connectivity index (χ1n) is 9.59. The van der Waals surface area contributed by atoms with Gasteiger partial charge in [0.1, 0.15) is 5.76 Å². The third kappa shape index (κ3) is 4.75. The molecule has 3 rings (SSSR count). The summed E-state index contributed by atoms with van der Waals surface area (Å²) in [6.45, 7) is 8.89. The molecule has 3 heterocycles. The summed E-state index contributed by atoms with van der Waals surface area (Å²) in [7, 11) is 0. The average Bonchev–Trinajstić information content (AvgIpc) is 3.29. The van der Waals surface area contributed by atoms with Crippen LogP contribution in [0.5, 0.6) is 0 Å². The van der Waals surface area contributed by atoms with Crippen LogP contribution in [-0.2, 0) is 13.0 Å². The summed E-state index contributed by atoms with van der Waals surface area (Å²) in [5, 5.41) is 6.86. The topological polar surface area (TPSA) is 71.5 Å². The fourth-order valence-corrected chi connectivity index (χ4v) is 3.39. The third-order valence-corrected chi connectivity index (χ3v) is 4.85. The standard InChI is InChI=1S/C20H29N3O3/c1-14(2)11-16-12-17(26-22-16)13-21-20(24)19-8-7-18(25-19)15(3)23-9-5-4-6-10-23/h7-8,12,14-15H,4-6,9-11,13H2,1-3H3,(H,21,24). The van der Waals surface area contributed by atoms with Crippen molar-refractivity contribution in [3.8, 4) is 0 Å². The van der Waals surface area contributed by atoms with Crippen molar-refractivity contribution in [2.45, 2.75) is 59.0 Å². The summed E-state index contributed by atoms with van der Waals surface area (Å²) in [5.41, 5.74) is 0.917. The molecule has 2 aromatic rings. The number of carbonyl (C=O) groups is 1. The van der Waals surface area contributed by atoms with E-state index in [1.54, 1.807) is 6.07 Å².